The number of fused-ring (bicyclic) bond motifs is 1. The maximum atomic E-state index is 13.6. The quantitative estimate of drug-likeness (QED) is 0.469. The Morgan fingerprint density at radius 2 is 0.882 bits per heavy atom. The summed E-state index contributed by atoms with van der Waals surface area (Å²) < 4.78 is 0. The molecule has 2 aromatic carbocycles. The van der Waals surface area contributed by atoms with Gasteiger partial charge in [0.15, 0.2) is 0 Å². The predicted octanol–water partition coefficient (Wildman–Crippen LogP) is 3.97. The lowest BCUT2D eigenvalue weighted by Crippen LogP contribution is -2.63. The molecule has 34 heavy (non-hydrogen) atoms. The first-order chi connectivity index (χ1) is 16.4. The highest BCUT2D eigenvalue weighted by atomic mass is 35.5. The molecule has 2 saturated carbocycles. The van der Waals surface area contributed by atoms with E-state index in [0.717, 1.165) is 0 Å². The number of imide groups is 2. The number of carbonyl (C=O) groups is 4. The fourth-order valence-electron chi connectivity index (χ4n) is 7.34. The van der Waals surface area contributed by atoms with E-state index in [-0.39, 0.29) is 47.3 Å². The van der Waals surface area contributed by atoms with Gasteiger partial charge in [-0.2, -0.15) is 0 Å². The number of anilines is 2. The number of halogens is 2. The molecule has 4 amide bonds. The van der Waals surface area contributed by atoms with Crippen LogP contribution in [0.1, 0.15) is 0 Å². The molecule has 4 aliphatic carbocycles. The molecule has 8 rings (SSSR count). The summed E-state index contributed by atoms with van der Waals surface area (Å²) in [7, 11) is 0. The minimum absolute atomic E-state index is 0.145. The second-order valence-electron chi connectivity index (χ2n) is 9.72. The molecular formula is C26H18Cl2N2O4. The monoisotopic (exact) mass is 492 g/mol. The first-order valence-corrected chi connectivity index (χ1v) is 12.1. The smallest absolute Gasteiger partial charge is 0.238 e. The molecule has 0 radical (unpaired) electrons. The van der Waals surface area contributed by atoms with E-state index >= 15 is 0 Å². The molecule has 0 aromatic heterocycles. The van der Waals surface area contributed by atoms with Crippen molar-refractivity contribution < 1.29 is 19.2 Å². The number of amides is 4. The Labute approximate surface area is 205 Å². The zero-order valence-electron chi connectivity index (χ0n) is 17.7. The highest BCUT2D eigenvalue weighted by Crippen LogP contribution is 2.68. The zero-order chi connectivity index (χ0) is 23.5. The second kappa shape index (κ2) is 6.80. The van der Waals surface area contributed by atoms with Crippen LogP contribution in [0.15, 0.2) is 60.7 Å². The summed E-state index contributed by atoms with van der Waals surface area (Å²) in [6, 6.07) is 13.6. The highest BCUT2D eigenvalue weighted by molar-refractivity contribution is 6.37. The van der Waals surface area contributed by atoms with Crippen molar-refractivity contribution in [1.29, 1.82) is 0 Å². The molecule has 8 atom stereocenters. The first kappa shape index (κ1) is 20.4. The molecule has 2 heterocycles. The molecule has 2 aromatic rings. The summed E-state index contributed by atoms with van der Waals surface area (Å²) in [6.07, 6.45) is 3.97. The van der Waals surface area contributed by atoms with Gasteiger partial charge in [0.05, 0.1) is 45.1 Å². The lowest BCUT2D eigenvalue weighted by atomic mass is 9.40. The Morgan fingerprint density at radius 3 is 1.26 bits per heavy atom. The van der Waals surface area contributed by atoms with Gasteiger partial charge in [0.1, 0.15) is 0 Å². The topological polar surface area (TPSA) is 74.8 Å². The van der Waals surface area contributed by atoms with Crippen molar-refractivity contribution >= 4 is 58.2 Å². The van der Waals surface area contributed by atoms with E-state index < -0.39 is 23.7 Å². The molecule has 2 bridgehead atoms. The molecule has 2 saturated heterocycles. The van der Waals surface area contributed by atoms with Crippen LogP contribution in [0.5, 0.6) is 0 Å². The molecule has 4 fully saturated rings. The van der Waals surface area contributed by atoms with Gasteiger partial charge in [-0.25, -0.2) is 9.80 Å². The summed E-state index contributed by atoms with van der Waals surface area (Å²) in [4.78, 5) is 56.5. The lowest BCUT2D eigenvalue weighted by molar-refractivity contribution is -0.166. The number of hydrogen-bond donors (Lipinski definition) is 0. The minimum Gasteiger partial charge on any atom is -0.274 e. The van der Waals surface area contributed by atoms with Crippen LogP contribution in [0.2, 0.25) is 10.0 Å². The van der Waals surface area contributed by atoms with Crippen LogP contribution in [-0.2, 0) is 19.2 Å². The molecule has 8 heteroatoms. The molecular weight excluding hydrogens is 475 g/mol. The summed E-state index contributed by atoms with van der Waals surface area (Å²) >= 11 is 12.6. The third-order valence-corrected chi connectivity index (χ3v) is 9.17. The van der Waals surface area contributed by atoms with Crippen molar-refractivity contribution in [2.24, 2.45) is 47.3 Å². The average molecular weight is 493 g/mol. The van der Waals surface area contributed by atoms with E-state index in [2.05, 4.69) is 0 Å². The number of para-hydroxylation sites is 2. The molecule has 2 aliphatic heterocycles. The van der Waals surface area contributed by atoms with E-state index in [1.165, 1.54) is 9.80 Å². The Hall–Kier alpha value is -2.96. The van der Waals surface area contributed by atoms with E-state index in [1.807, 2.05) is 12.2 Å². The van der Waals surface area contributed by atoms with Gasteiger partial charge in [-0.15, -0.1) is 0 Å². The molecule has 0 unspecified atom stereocenters. The van der Waals surface area contributed by atoms with Crippen molar-refractivity contribution in [2.45, 2.75) is 0 Å². The largest absolute Gasteiger partial charge is 0.274 e. The standard InChI is InChI=1S/C26H18Cl2N2O4/c27-13-5-1-3-7-15(13)29-23(31)19-11-9-10-12(20(19)24(29)32)18-17(11)21-22(18)26(34)30(25(21)33)16-8-4-2-6-14(16)28/h1-12,17-22H/t11-,12+,17-,18-,19+,20-,21-,22-/m0/s1. The van der Waals surface area contributed by atoms with E-state index in [0.29, 0.717) is 21.4 Å². The van der Waals surface area contributed by atoms with Crippen LogP contribution in [0.3, 0.4) is 0 Å². The van der Waals surface area contributed by atoms with Crippen molar-refractivity contribution in [1.82, 2.24) is 0 Å². The Balaban J connectivity index is 1.27. The summed E-state index contributed by atoms with van der Waals surface area (Å²) in [5.74, 6) is -3.98. The average Bonchev–Trinajstić information content (AvgIpc) is 3.19. The summed E-state index contributed by atoms with van der Waals surface area (Å²) in [5.41, 5.74) is 0.778. The molecule has 170 valence electrons. The van der Waals surface area contributed by atoms with Gasteiger partial charge in [-0.05, 0) is 47.9 Å². The first-order valence-electron chi connectivity index (χ1n) is 11.3. The second-order valence-corrected chi connectivity index (χ2v) is 10.5. The Kier molecular flexibility index (Phi) is 4.08. The zero-order valence-corrected chi connectivity index (χ0v) is 19.2. The van der Waals surface area contributed by atoms with Crippen LogP contribution >= 0.6 is 23.2 Å². The Bertz CT molecular complexity index is 1300. The van der Waals surface area contributed by atoms with Crippen molar-refractivity contribution in [3.63, 3.8) is 0 Å². The number of benzene rings is 2. The van der Waals surface area contributed by atoms with Crippen LogP contribution in [0, 0.1) is 47.3 Å². The maximum absolute atomic E-state index is 13.6. The third kappa shape index (κ3) is 2.28. The van der Waals surface area contributed by atoms with Gasteiger partial charge in [0, 0.05) is 0 Å². The Morgan fingerprint density at radius 1 is 0.529 bits per heavy atom. The van der Waals surface area contributed by atoms with Gasteiger partial charge in [0.25, 0.3) is 0 Å². The highest BCUT2D eigenvalue weighted by Gasteiger charge is 2.75. The summed E-state index contributed by atoms with van der Waals surface area (Å²) in [6.45, 7) is 0. The van der Waals surface area contributed by atoms with Gasteiger partial charge >= 0.3 is 0 Å². The van der Waals surface area contributed by atoms with Crippen molar-refractivity contribution in [3.05, 3.63) is 70.7 Å². The molecule has 6 nitrogen and oxygen atoms in total. The maximum Gasteiger partial charge on any atom is 0.238 e. The molecule has 6 aliphatic rings. The number of nitrogens with zero attached hydrogens (tertiary/aromatic N) is 2. The number of carbonyl (C=O) groups excluding carboxylic acids is 4. The summed E-state index contributed by atoms with van der Waals surface area (Å²) in [5, 5.41) is 0.677. The van der Waals surface area contributed by atoms with E-state index in [1.54, 1.807) is 48.5 Å². The van der Waals surface area contributed by atoms with Crippen LogP contribution < -0.4 is 9.80 Å². The van der Waals surface area contributed by atoms with Crippen LogP contribution in [-0.4, -0.2) is 23.6 Å². The fraction of sp³-hybridized carbons (Fsp3) is 0.308. The van der Waals surface area contributed by atoms with Gasteiger partial charge in [-0.3, -0.25) is 19.2 Å². The van der Waals surface area contributed by atoms with Gasteiger partial charge < -0.3 is 0 Å². The predicted molar refractivity (Wildman–Crippen MR) is 125 cm³/mol. The van der Waals surface area contributed by atoms with Crippen LogP contribution in [0.25, 0.3) is 0 Å². The number of rotatable bonds is 2. The van der Waals surface area contributed by atoms with Crippen molar-refractivity contribution in [2.75, 3.05) is 9.80 Å². The van der Waals surface area contributed by atoms with Crippen molar-refractivity contribution in [3.8, 4) is 0 Å². The minimum atomic E-state index is -0.543. The SMILES string of the molecule is O=C1[C@@H]2[C@H]3C=C[C@@H]([C@@H]2C(=O)N1c1ccccc1Cl)[C@@H]1[C@@H]2C(=O)N(c4ccccc4Cl)C(=O)[C@H]2[C@@H]31. The molecule has 0 N–H and O–H groups in total. The van der Waals surface area contributed by atoms with E-state index in [9.17, 15) is 19.2 Å². The van der Waals surface area contributed by atoms with Gasteiger partial charge in [0.2, 0.25) is 23.6 Å². The normalized spacial score (nSPS) is 37.1. The van der Waals surface area contributed by atoms with Crippen LogP contribution in [0.4, 0.5) is 11.4 Å². The van der Waals surface area contributed by atoms with E-state index in [4.69, 9.17) is 23.2 Å². The fourth-order valence-corrected chi connectivity index (χ4v) is 7.78. The lowest BCUT2D eigenvalue weighted by Gasteiger charge is -2.60. The number of allylic oxidation sites excluding steroid dienone is 2. The molecule has 0 spiro atoms. The third-order valence-electron chi connectivity index (χ3n) is 8.53. The van der Waals surface area contributed by atoms with Gasteiger partial charge in [-0.1, -0.05) is 59.6 Å². The number of hydrogen-bond acceptors (Lipinski definition) is 4.